The average molecular weight is 256 g/mol. The lowest BCUT2D eigenvalue weighted by molar-refractivity contribution is 0.198. The second-order valence-electron chi connectivity index (χ2n) is 4.42. The van der Waals surface area contributed by atoms with Gasteiger partial charge in [-0.2, -0.15) is 0 Å². The monoisotopic (exact) mass is 256 g/mol. The highest BCUT2D eigenvalue weighted by molar-refractivity contribution is 7.80. The summed E-state index contributed by atoms with van der Waals surface area (Å²) in [6.45, 7) is 7.01. The van der Waals surface area contributed by atoms with E-state index >= 15 is 0 Å². The van der Waals surface area contributed by atoms with Gasteiger partial charge in [0.25, 0.3) is 0 Å². The number of nitrogens with two attached hydrogens (primary N) is 1. The summed E-state index contributed by atoms with van der Waals surface area (Å²) in [6.07, 6.45) is 0.716. The molecule has 0 bridgehead atoms. The van der Waals surface area contributed by atoms with Crippen LogP contribution in [-0.4, -0.2) is 33.7 Å². The summed E-state index contributed by atoms with van der Waals surface area (Å²) >= 11 is 4.99. The SMILES string of the molecule is COCCc1c(C(N)=S)nnn1C(C)C(C)C. The summed E-state index contributed by atoms with van der Waals surface area (Å²) in [5, 5.41) is 8.22. The van der Waals surface area contributed by atoms with E-state index in [-0.39, 0.29) is 6.04 Å². The number of methoxy groups -OCH3 is 1. The molecular formula is C11H20N4OS. The van der Waals surface area contributed by atoms with E-state index in [1.165, 1.54) is 0 Å². The first kappa shape index (κ1) is 14.1. The Morgan fingerprint density at radius 2 is 2.12 bits per heavy atom. The highest BCUT2D eigenvalue weighted by atomic mass is 32.1. The number of rotatable bonds is 6. The molecule has 0 fully saturated rings. The Morgan fingerprint density at radius 3 is 2.59 bits per heavy atom. The molecule has 1 atom stereocenters. The van der Waals surface area contributed by atoms with E-state index in [2.05, 4.69) is 31.1 Å². The number of aromatic nitrogens is 3. The van der Waals surface area contributed by atoms with Gasteiger partial charge in [-0.15, -0.1) is 5.10 Å². The molecule has 1 aromatic rings. The molecule has 0 amide bonds. The molecule has 1 rings (SSSR count). The molecule has 1 heterocycles. The van der Waals surface area contributed by atoms with Crippen LogP contribution in [0.5, 0.6) is 0 Å². The normalized spacial score (nSPS) is 13.0. The van der Waals surface area contributed by atoms with Crippen molar-refractivity contribution in [2.24, 2.45) is 11.7 Å². The molecule has 0 aromatic carbocycles. The van der Waals surface area contributed by atoms with Crippen LogP contribution in [0.3, 0.4) is 0 Å². The van der Waals surface area contributed by atoms with Gasteiger partial charge in [0.1, 0.15) is 10.7 Å². The Hall–Kier alpha value is -1.01. The summed E-state index contributed by atoms with van der Waals surface area (Å²) < 4.78 is 6.99. The fourth-order valence-corrected chi connectivity index (χ4v) is 1.70. The zero-order valence-electron chi connectivity index (χ0n) is 10.8. The topological polar surface area (TPSA) is 66.0 Å². The molecule has 5 nitrogen and oxygen atoms in total. The van der Waals surface area contributed by atoms with E-state index in [1.54, 1.807) is 7.11 Å². The van der Waals surface area contributed by atoms with E-state index in [9.17, 15) is 0 Å². The minimum atomic E-state index is 0.262. The van der Waals surface area contributed by atoms with Crippen LogP contribution in [-0.2, 0) is 11.2 Å². The molecule has 0 saturated carbocycles. The maximum atomic E-state index is 5.65. The van der Waals surface area contributed by atoms with E-state index in [0.29, 0.717) is 29.6 Å². The maximum Gasteiger partial charge on any atom is 0.143 e. The fourth-order valence-electron chi connectivity index (χ4n) is 1.55. The third kappa shape index (κ3) is 3.23. The van der Waals surface area contributed by atoms with Gasteiger partial charge in [0.05, 0.1) is 18.3 Å². The summed E-state index contributed by atoms with van der Waals surface area (Å²) in [6, 6.07) is 0.262. The highest BCUT2D eigenvalue weighted by Gasteiger charge is 2.20. The predicted octanol–water partition coefficient (Wildman–Crippen LogP) is 1.32. The van der Waals surface area contributed by atoms with Crippen molar-refractivity contribution in [2.45, 2.75) is 33.2 Å². The highest BCUT2D eigenvalue weighted by Crippen LogP contribution is 2.19. The van der Waals surface area contributed by atoms with Crippen molar-refractivity contribution >= 4 is 17.2 Å². The van der Waals surface area contributed by atoms with Crippen molar-refractivity contribution in [2.75, 3.05) is 13.7 Å². The standard InChI is InChI=1S/C11H20N4OS/c1-7(2)8(3)15-9(5-6-16-4)10(11(12)17)13-14-15/h7-8H,5-6H2,1-4H3,(H2,12,17). The minimum Gasteiger partial charge on any atom is -0.388 e. The molecule has 0 saturated heterocycles. The average Bonchev–Trinajstić information content (AvgIpc) is 2.68. The molecule has 1 aromatic heterocycles. The molecule has 6 heteroatoms. The van der Waals surface area contributed by atoms with E-state index in [1.807, 2.05) is 4.68 Å². The summed E-state index contributed by atoms with van der Waals surface area (Å²) in [7, 11) is 1.67. The van der Waals surface area contributed by atoms with Crippen LogP contribution in [0.4, 0.5) is 0 Å². The summed E-state index contributed by atoms with van der Waals surface area (Å²) in [5.74, 6) is 0.470. The molecule has 0 spiro atoms. The van der Waals surface area contributed by atoms with Gasteiger partial charge in [-0.3, -0.25) is 0 Å². The number of ether oxygens (including phenoxy) is 1. The van der Waals surface area contributed by atoms with Gasteiger partial charge in [0, 0.05) is 13.5 Å². The Balaban J connectivity index is 3.08. The van der Waals surface area contributed by atoms with E-state index < -0.39 is 0 Å². The molecule has 0 aliphatic carbocycles. The summed E-state index contributed by atoms with van der Waals surface area (Å²) in [4.78, 5) is 0.290. The molecular weight excluding hydrogens is 236 g/mol. The lowest BCUT2D eigenvalue weighted by Crippen LogP contribution is -2.19. The molecule has 1 unspecified atom stereocenters. The number of nitrogens with zero attached hydrogens (tertiary/aromatic N) is 3. The second kappa shape index (κ2) is 6.07. The maximum absolute atomic E-state index is 5.65. The molecule has 0 aliphatic heterocycles. The third-order valence-electron chi connectivity index (χ3n) is 2.92. The van der Waals surface area contributed by atoms with Crippen molar-refractivity contribution in [3.8, 4) is 0 Å². The Bertz CT molecular complexity index is 389. The van der Waals surface area contributed by atoms with Gasteiger partial charge in [0.2, 0.25) is 0 Å². The van der Waals surface area contributed by atoms with Crippen LogP contribution in [0.25, 0.3) is 0 Å². The zero-order chi connectivity index (χ0) is 13.0. The molecule has 2 N–H and O–H groups in total. The number of hydrogen-bond donors (Lipinski definition) is 1. The second-order valence-corrected chi connectivity index (χ2v) is 4.86. The van der Waals surface area contributed by atoms with Gasteiger partial charge in [-0.1, -0.05) is 31.3 Å². The first-order chi connectivity index (χ1) is 7.99. The lowest BCUT2D eigenvalue weighted by atomic mass is 10.1. The molecule has 96 valence electrons. The van der Waals surface area contributed by atoms with Gasteiger partial charge < -0.3 is 10.5 Å². The smallest absolute Gasteiger partial charge is 0.143 e. The van der Waals surface area contributed by atoms with Crippen LogP contribution < -0.4 is 5.73 Å². The van der Waals surface area contributed by atoms with Crippen molar-refractivity contribution in [3.63, 3.8) is 0 Å². The van der Waals surface area contributed by atoms with Crippen LogP contribution in [0.1, 0.15) is 38.2 Å². The van der Waals surface area contributed by atoms with Crippen LogP contribution >= 0.6 is 12.2 Å². The van der Waals surface area contributed by atoms with Gasteiger partial charge in [-0.05, 0) is 12.8 Å². The lowest BCUT2D eigenvalue weighted by Gasteiger charge is -2.18. The first-order valence-electron chi connectivity index (χ1n) is 5.71. The zero-order valence-corrected chi connectivity index (χ0v) is 11.6. The molecule has 17 heavy (non-hydrogen) atoms. The quantitative estimate of drug-likeness (QED) is 0.778. The van der Waals surface area contributed by atoms with Crippen LogP contribution in [0.2, 0.25) is 0 Å². The Morgan fingerprint density at radius 1 is 1.47 bits per heavy atom. The molecule has 0 radical (unpaired) electrons. The summed E-state index contributed by atoms with van der Waals surface area (Å²) in [5.41, 5.74) is 7.22. The largest absolute Gasteiger partial charge is 0.388 e. The fraction of sp³-hybridized carbons (Fsp3) is 0.727. The van der Waals surface area contributed by atoms with Gasteiger partial charge >= 0.3 is 0 Å². The third-order valence-corrected chi connectivity index (χ3v) is 3.11. The first-order valence-corrected chi connectivity index (χ1v) is 6.12. The van der Waals surface area contributed by atoms with Crippen molar-refractivity contribution in [1.29, 1.82) is 0 Å². The van der Waals surface area contributed by atoms with Crippen LogP contribution in [0.15, 0.2) is 0 Å². The minimum absolute atomic E-state index is 0.262. The van der Waals surface area contributed by atoms with Crippen molar-refractivity contribution < 1.29 is 4.74 Å². The number of hydrogen-bond acceptors (Lipinski definition) is 4. The Kier molecular flexibility index (Phi) is 5.02. The van der Waals surface area contributed by atoms with Crippen molar-refractivity contribution in [1.82, 2.24) is 15.0 Å². The van der Waals surface area contributed by atoms with Crippen LogP contribution in [0, 0.1) is 5.92 Å². The number of thiocarbonyl (C=S) groups is 1. The van der Waals surface area contributed by atoms with E-state index in [0.717, 1.165) is 5.69 Å². The van der Waals surface area contributed by atoms with Gasteiger partial charge in [-0.25, -0.2) is 4.68 Å². The van der Waals surface area contributed by atoms with E-state index in [4.69, 9.17) is 22.7 Å². The molecule has 0 aliphatic rings. The van der Waals surface area contributed by atoms with Crippen molar-refractivity contribution in [3.05, 3.63) is 11.4 Å². The Labute approximate surface area is 107 Å². The van der Waals surface area contributed by atoms with Gasteiger partial charge in [0.15, 0.2) is 0 Å². The predicted molar refractivity (Wildman–Crippen MR) is 71.0 cm³/mol.